The number of carbonyl (C=O) groups excluding carboxylic acids is 1. The molecule has 2 aromatic rings. The van der Waals surface area contributed by atoms with Crippen molar-refractivity contribution in [2.24, 2.45) is 5.92 Å². The predicted octanol–water partition coefficient (Wildman–Crippen LogP) is 8.20. The topological polar surface area (TPSA) is 38.8 Å². The van der Waals surface area contributed by atoms with Crippen LogP contribution >= 0.6 is 35.9 Å². The molecule has 212 valence electrons. The number of hydrogen-bond donors (Lipinski definition) is 0. The van der Waals surface area contributed by atoms with Crippen molar-refractivity contribution in [1.29, 1.82) is 0 Å². The molecule has 1 atom stereocenters. The molecule has 7 heteroatoms. The van der Waals surface area contributed by atoms with Gasteiger partial charge in [-0.3, -0.25) is 4.90 Å². The van der Waals surface area contributed by atoms with Crippen molar-refractivity contribution in [2.75, 3.05) is 26.2 Å². The second kappa shape index (κ2) is 14.3. The number of halogens is 1. The zero-order chi connectivity index (χ0) is 27.2. The van der Waals surface area contributed by atoms with E-state index in [2.05, 4.69) is 73.1 Å². The van der Waals surface area contributed by atoms with E-state index in [0.29, 0.717) is 13.2 Å². The SMILES string of the molecule is CCOC(=O)C(OC(C)(C)C#CCN(CC)CC)(c1cccc2c1Sc1ccccc1S2)C1CCCCC1.Cl. The summed E-state index contributed by atoms with van der Waals surface area (Å²) in [6.07, 6.45) is 5.22. The Morgan fingerprint density at radius 3 is 2.23 bits per heavy atom. The van der Waals surface area contributed by atoms with Crippen LogP contribution in [0.4, 0.5) is 0 Å². The number of carbonyl (C=O) groups is 1. The fraction of sp³-hybridized carbons (Fsp3) is 0.531. The third-order valence-corrected chi connectivity index (χ3v) is 10.0. The minimum absolute atomic E-state index is 0. The van der Waals surface area contributed by atoms with Crippen molar-refractivity contribution >= 4 is 41.9 Å². The Bertz CT molecular complexity index is 1180. The molecule has 1 aliphatic heterocycles. The summed E-state index contributed by atoms with van der Waals surface area (Å²) in [6.45, 7) is 13.0. The summed E-state index contributed by atoms with van der Waals surface area (Å²) in [7, 11) is 0. The molecule has 39 heavy (non-hydrogen) atoms. The van der Waals surface area contributed by atoms with Crippen molar-refractivity contribution in [3.05, 3.63) is 48.0 Å². The summed E-state index contributed by atoms with van der Waals surface area (Å²) in [6, 6.07) is 14.8. The second-order valence-corrected chi connectivity index (χ2v) is 12.6. The van der Waals surface area contributed by atoms with E-state index in [1.807, 2.05) is 20.8 Å². The van der Waals surface area contributed by atoms with Crippen molar-refractivity contribution in [3.8, 4) is 11.8 Å². The molecule has 4 nitrogen and oxygen atoms in total. The Hall–Kier alpha value is -1.62. The van der Waals surface area contributed by atoms with E-state index < -0.39 is 11.2 Å². The van der Waals surface area contributed by atoms with Gasteiger partial charge in [-0.1, -0.05) is 92.7 Å². The summed E-state index contributed by atoms with van der Waals surface area (Å²) in [5.41, 5.74) is -1.15. The average Bonchev–Trinajstić information content (AvgIpc) is 2.93. The van der Waals surface area contributed by atoms with Gasteiger partial charge in [0, 0.05) is 31.1 Å². The van der Waals surface area contributed by atoms with Gasteiger partial charge >= 0.3 is 5.97 Å². The van der Waals surface area contributed by atoms with Crippen molar-refractivity contribution in [3.63, 3.8) is 0 Å². The van der Waals surface area contributed by atoms with Gasteiger partial charge in [0.1, 0.15) is 5.60 Å². The molecule has 1 unspecified atom stereocenters. The van der Waals surface area contributed by atoms with Gasteiger partial charge in [-0.2, -0.15) is 0 Å². The third kappa shape index (κ3) is 7.18. The summed E-state index contributed by atoms with van der Waals surface area (Å²) >= 11 is 3.50. The van der Waals surface area contributed by atoms with E-state index in [1.54, 1.807) is 23.5 Å². The van der Waals surface area contributed by atoms with Crippen LogP contribution in [0.15, 0.2) is 62.0 Å². The van der Waals surface area contributed by atoms with Gasteiger partial charge in [-0.25, -0.2) is 4.79 Å². The van der Waals surface area contributed by atoms with Gasteiger partial charge in [-0.15, -0.1) is 12.4 Å². The standard InChI is InChI=1S/C32H41NO3S2.ClH/c1-6-33(7-2)23-15-22-31(4,5)36-32(30(34)35-8-3,24-16-10-9-11-17-24)25-18-14-21-28-29(25)38-27-20-13-12-19-26(27)37-28;/h12-14,18-21,24H,6-11,16-17,23H2,1-5H3;1H. The Balaban J connectivity index is 0.00000420. The molecule has 1 fully saturated rings. The molecule has 0 aromatic heterocycles. The quantitative estimate of drug-likeness (QED) is 0.185. The largest absolute Gasteiger partial charge is 0.464 e. The molecule has 0 radical (unpaired) electrons. The summed E-state index contributed by atoms with van der Waals surface area (Å²) in [5.74, 6) is 6.45. The molecule has 2 aromatic carbocycles. The number of nitrogens with zero attached hydrogens (tertiary/aromatic N) is 1. The highest BCUT2D eigenvalue weighted by Gasteiger charge is 2.54. The number of hydrogen-bond acceptors (Lipinski definition) is 6. The molecule has 4 rings (SSSR count). The fourth-order valence-electron chi connectivity index (χ4n) is 5.50. The molecular weight excluding hydrogens is 546 g/mol. The lowest BCUT2D eigenvalue weighted by atomic mass is 9.72. The third-order valence-electron chi connectivity index (χ3n) is 7.42. The fourth-order valence-corrected chi connectivity index (χ4v) is 7.94. The highest BCUT2D eigenvalue weighted by Crippen LogP contribution is 2.55. The number of fused-ring (bicyclic) bond motifs is 2. The Morgan fingerprint density at radius 2 is 1.59 bits per heavy atom. The first-order chi connectivity index (χ1) is 18.3. The molecule has 1 heterocycles. The minimum atomic E-state index is -1.23. The lowest BCUT2D eigenvalue weighted by Gasteiger charge is -2.45. The van der Waals surface area contributed by atoms with Crippen LogP contribution in [-0.2, 0) is 19.9 Å². The highest BCUT2D eigenvalue weighted by molar-refractivity contribution is 8.05. The molecule has 0 N–H and O–H groups in total. The minimum Gasteiger partial charge on any atom is -0.464 e. The van der Waals surface area contributed by atoms with E-state index >= 15 is 0 Å². The van der Waals surface area contributed by atoms with Crippen LogP contribution in [0.2, 0.25) is 0 Å². The van der Waals surface area contributed by atoms with Crippen molar-refractivity contribution in [2.45, 2.75) is 97.5 Å². The van der Waals surface area contributed by atoms with E-state index in [4.69, 9.17) is 9.47 Å². The smallest absolute Gasteiger partial charge is 0.343 e. The van der Waals surface area contributed by atoms with Gasteiger partial charge in [0.05, 0.1) is 13.2 Å². The van der Waals surface area contributed by atoms with Gasteiger partial charge < -0.3 is 9.47 Å². The lowest BCUT2D eigenvalue weighted by Crippen LogP contribution is -2.52. The molecule has 0 saturated heterocycles. The van der Waals surface area contributed by atoms with Crippen LogP contribution < -0.4 is 0 Å². The summed E-state index contributed by atoms with van der Waals surface area (Å²) < 4.78 is 12.9. The first kappa shape index (κ1) is 31.9. The van der Waals surface area contributed by atoms with E-state index in [9.17, 15) is 4.79 Å². The zero-order valence-corrected chi connectivity index (χ0v) is 26.3. The van der Waals surface area contributed by atoms with Crippen LogP contribution in [0.25, 0.3) is 0 Å². The van der Waals surface area contributed by atoms with Crippen molar-refractivity contribution < 1.29 is 14.3 Å². The molecule has 0 amide bonds. The molecule has 0 bridgehead atoms. The van der Waals surface area contributed by atoms with Crippen molar-refractivity contribution in [1.82, 2.24) is 4.90 Å². The molecule has 1 saturated carbocycles. The van der Waals surface area contributed by atoms with Crippen LogP contribution in [0.3, 0.4) is 0 Å². The van der Waals surface area contributed by atoms with Crippen LogP contribution in [0.5, 0.6) is 0 Å². The predicted molar refractivity (Wildman–Crippen MR) is 164 cm³/mol. The maximum Gasteiger partial charge on any atom is 0.343 e. The average molecular weight is 588 g/mol. The van der Waals surface area contributed by atoms with E-state index in [0.717, 1.165) is 54.1 Å². The van der Waals surface area contributed by atoms with Gasteiger partial charge in [-0.05, 0) is 64.9 Å². The molecule has 1 aliphatic carbocycles. The van der Waals surface area contributed by atoms with E-state index in [1.165, 1.54) is 16.2 Å². The van der Waals surface area contributed by atoms with E-state index in [-0.39, 0.29) is 24.3 Å². The molecular formula is C32H42ClNO3S2. The Morgan fingerprint density at radius 1 is 0.949 bits per heavy atom. The van der Waals surface area contributed by atoms with Gasteiger partial charge in [0.15, 0.2) is 5.60 Å². The summed E-state index contributed by atoms with van der Waals surface area (Å²) in [4.78, 5) is 21.2. The zero-order valence-electron chi connectivity index (χ0n) is 23.9. The first-order valence-electron chi connectivity index (χ1n) is 14.0. The number of esters is 1. The van der Waals surface area contributed by atoms with Crippen LogP contribution in [0, 0.1) is 17.8 Å². The maximum absolute atomic E-state index is 14.2. The van der Waals surface area contributed by atoms with Crippen LogP contribution in [-0.4, -0.2) is 42.7 Å². The number of benzene rings is 2. The monoisotopic (exact) mass is 587 g/mol. The summed E-state index contributed by atoms with van der Waals surface area (Å²) in [5, 5.41) is 0. The molecule has 0 spiro atoms. The van der Waals surface area contributed by atoms with Gasteiger partial charge in [0.25, 0.3) is 0 Å². The van der Waals surface area contributed by atoms with Crippen LogP contribution in [0.1, 0.15) is 72.3 Å². The Labute approximate surface area is 249 Å². The number of ether oxygens (including phenoxy) is 2. The first-order valence-corrected chi connectivity index (χ1v) is 15.7. The lowest BCUT2D eigenvalue weighted by molar-refractivity contribution is -0.204. The number of rotatable bonds is 9. The highest BCUT2D eigenvalue weighted by atomic mass is 35.5. The molecule has 2 aliphatic rings. The van der Waals surface area contributed by atoms with Gasteiger partial charge in [0.2, 0.25) is 0 Å². The Kier molecular flexibility index (Phi) is 11.7. The second-order valence-electron chi connectivity index (χ2n) is 10.5. The normalized spacial score (nSPS) is 16.7. The maximum atomic E-state index is 14.2.